The topological polar surface area (TPSA) is 66.5 Å². The van der Waals surface area contributed by atoms with E-state index in [4.69, 9.17) is 0 Å². The smallest absolute Gasteiger partial charge is 0.166 e. The molecule has 0 aliphatic carbocycles. The molecule has 1 unspecified atom stereocenters. The molecular weight excluding hydrogens is 519 g/mol. The van der Waals surface area contributed by atoms with Crippen molar-refractivity contribution in [2.24, 2.45) is 5.41 Å². The average Bonchev–Trinajstić information content (AvgIpc) is 3.09. The van der Waals surface area contributed by atoms with Crippen LogP contribution in [-0.2, 0) is 0 Å². The lowest BCUT2D eigenvalue weighted by atomic mass is 9.80. The highest BCUT2D eigenvalue weighted by Gasteiger charge is 2.28. The Morgan fingerprint density at radius 3 is 2.67 bits per heavy atom. The lowest BCUT2D eigenvalue weighted by Crippen LogP contribution is -2.35. The molecule has 0 aliphatic heterocycles. The molecule has 0 bridgehead atoms. The summed E-state index contributed by atoms with van der Waals surface area (Å²) >= 11 is 2.09. The molecule has 3 heterocycles. The molecule has 5 nitrogen and oxygen atoms in total. The molecule has 0 saturated heterocycles. The van der Waals surface area contributed by atoms with Crippen LogP contribution >= 0.6 is 30.3 Å². The third-order valence-corrected chi connectivity index (χ3v) is 7.28. The van der Waals surface area contributed by atoms with Crippen LogP contribution in [0.2, 0.25) is 0 Å². The van der Waals surface area contributed by atoms with Gasteiger partial charge in [0.05, 0.1) is 17.5 Å². The Kier molecular flexibility index (Phi) is 6.87. The first-order chi connectivity index (χ1) is 14.2. The Bertz CT molecular complexity index is 1120. The molecule has 1 atom stereocenters. The fourth-order valence-corrected chi connectivity index (χ4v) is 4.69. The lowest BCUT2D eigenvalue weighted by Gasteiger charge is -2.34. The molecule has 0 fully saturated rings. The summed E-state index contributed by atoms with van der Waals surface area (Å²) in [6.45, 7) is 8.38. The zero-order valence-electron chi connectivity index (χ0n) is 17.1. The van der Waals surface area contributed by atoms with Crippen molar-refractivity contribution in [1.82, 2.24) is 13.9 Å². The zero-order chi connectivity index (χ0) is 22.1. The molecule has 0 amide bonds. The van der Waals surface area contributed by atoms with Gasteiger partial charge in [-0.15, -0.1) is 0 Å². The van der Waals surface area contributed by atoms with Gasteiger partial charge in [0.2, 0.25) is 0 Å². The third-order valence-electron chi connectivity index (χ3n) is 5.58. The quantitative estimate of drug-likeness (QED) is 0.337. The van der Waals surface area contributed by atoms with Crippen molar-refractivity contribution < 1.29 is 8.78 Å². The fraction of sp³-hybridized carbons (Fsp3) is 0.381. The van der Waals surface area contributed by atoms with Crippen LogP contribution in [-0.4, -0.2) is 20.0 Å². The van der Waals surface area contributed by atoms with Crippen molar-refractivity contribution in [2.75, 3.05) is 5.32 Å². The predicted molar refractivity (Wildman–Crippen MR) is 126 cm³/mol. The van der Waals surface area contributed by atoms with E-state index in [-0.39, 0.29) is 22.8 Å². The minimum absolute atomic E-state index is 0.00404. The van der Waals surface area contributed by atoms with E-state index < -0.39 is 11.6 Å². The third kappa shape index (κ3) is 4.25. The van der Waals surface area contributed by atoms with Gasteiger partial charge in [-0.25, -0.2) is 18.7 Å². The summed E-state index contributed by atoms with van der Waals surface area (Å²) in [6, 6.07) is 4.55. The summed E-state index contributed by atoms with van der Waals surface area (Å²) in [7, 11) is 1.36. The van der Waals surface area contributed by atoms with Crippen molar-refractivity contribution in [1.29, 1.82) is 5.26 Å². The molecule has 158 valence electrons. The molecule has 0 aromatic carbocycles. The standard InChI is InChI=1S/C21H22F2IN5S/c1-5-17(21(3,4)6-2)27-19-16(23)7-12(9-25)18(28-19)15-11-29(30-24)20-14(15)8-13(22)10-26-20/h7-8,10-11,17H,5-6H2,1-4H3,(H,27,28). The lowest BCUT2D eigenvalue weighted by molar-refractivity contribution is 0.284. The normalized spacial score (nSPS) is 12.7. The summed E-state index contributed by atoms with van der Waals surface area (Å²) in [5.41, 5.74) is 1.39. The van der Waals surface area contributed by atoms with Gasteiger partial charge in [-0.3, -0.25) is 3.97 Å². The molecule has 0 aliphatic rings. The Morgan fingerprint density at radius 2 is 2.07 bits per heavy atom. The summed E-state index contributed by atoms with van der Waals surface area (Å²) < 4.78 is 30.5. The van der Waals surface area contributed by atoms with Crippen molar-refractivity contribution in [3.05, 3.63) is 41.7 Å². The van der Waals surface area contributed by atoms with E-state index in [1.54, 1.807) is 10.2 Å². The molecule has 30 heavy (non-hydrogen) atoms. The van der Waals surface area contributed by atoms with Gasteiger partial charge in [-0.05, 0) is 30.4 Å². The van der Waals surface area contributed by atoms with Gasteiger partial charge in [0.25, 0.3) is 0 Å². The maximum absolute atomic E-state index is 14.8. The Labute approximate surface area is 191 Å². The second-order valence-electron chi connectivity index (χ2n) is 7.74. The summed E-state index contributed by atoms with van der Waals surface area (Å²) in [6.07, 6.45) is 4.59. The van der Waals surface area contributed by atoms with Gasteiger partial charge in [0.15, 0.2) is 17.3 Å². The van der Waals surface area contributed by atoms with Crippen LogP contribution in [0.1, 0.15) is 46.1 Å². The van der Waals surface area contributed by atoms with Crippen molar-refractivity contribution in [3.63, 3.8) is 0 Å². The van der Waals surface area contributed by atoms with Gasteiger partial charge >= 0.3 is 0 Å². The number of halogens is 3. The van der Waals surface area contributed by atoms with Gasteiger partial charge < -0.3 is 5.32 Å². The number of nitriles is 1. The van der Waals surface area contributed by atoms with E-state index in [1.807, 2.05) is 13.0 Å². The van der Waals surface area contributed by atoms with Gasteiger partial charge in [0.1, 0.15) is 11.9 Å². The van der Waals surface area contributed by atoms with Crippen molar-refractivity contribution in [2.45, 2.75) is 46.6 Å². The average molecular weight is 541 g/mol. The largest absolute Gasteiger partial charge is 0.364 e. The number of anilines is 1. The predicted octanol–water partition coefficient (Wildman–Crippen LogP) is 6.72. The minimum Gasteiger partial charge on any atom is -0.364 e. The number of nitrogens with zero attached hydrogens (tertiary/aromatic N) is 4. The number of hydrogen-bond acceptors (Lipinski definition) is 5. The summed E-state index contributed by atoms with van der Waals surface area (Å²) in [5.74, 6) is -0.989. The van der Waals surface area contributed by atoms with Crippen LogP contribution in [0.3, 0.4) is 0 Å². The first kappa shape index (κ1) is 22.7. The molecule has 3 aromatic rings. The van der Waals surface area contributed by atoms with E-state index in [1.165, 1.54) is 21.3 Å². The fourth-order valence-electron chi connectivity index (χ4n) is 3.44. The zero-order valence-corrected chi connectivity index (χ0v) is 20.1. The number of fused-ring (bicyclic) bond motifs is 1. The van der Waals surface area contributed by atoms with Crippen LogP contribution in [0.5, 0.6) is 0 Å². The van der Waals surface area contributed by atoms with Crippen molar-refractivity contribution >= 4 is 47.2 Å². The van der Waals surface area contributed by atoms with Crippen LogP contribution in [0.15, 0.2) is 24.5 Å². The van der Waals surface area contributed by atoms with Crippen LogP contribution < -0.4 is 5.32 Å². The second-order valence-corrected chi connectivity index (χ2v) is 9.45. The van der Waals surface area contributed by atoms with E-state index in [0.717, 1.165) is 19.0 Å². The highest BCUT2D eigenvalue weighted by molar-refractivity contribution is 14.2. The SMILES string of the molecule is CCC(Nc1nc(-c2cn(SI)c3ncc(F)cc23)c(C#N)cc1F)C(C)(C)CC. The molecule has 9 heteroatoms. The number of hydrogen-bond donors (Lipinski definition) is 1. The Morgan fingerprint density at radius 1 is 1.33 bits per heavy atom. The van der Waals surface area contributed by atoms with Crippen molar-refractivity contribution in [3.8, 4) is 17.3 Å². The van der Waals surface area contributed by atoms with E-state index in [0.29, 0.717) is 22.3 Å². The number of aromatic nitrogens is 3. The van der Waals surface area contributed by atoms with Crippen LogP contribution in [0, 0.1) is 28.4 Å². The van der Waals surface area contributed by atoms with E-state index in [9.17, 15) is 14.0 Å². The molecular formula is C21H22F2IN5S. The van der Waals surface area contributed by atoms with Crippen LogP contribution in [0.25, 0.3) is 22.3 Å². The molecule has 3 rings (SSSR count). The second kappa shape index (κ2) is 9.06. The van der Waals surface area contributed by atoms with Gasteiger partial charge in [-0.2, -0.15) is 5.26 Å². The first-order valence-electron chi connectivity index (χ1n) is 9.58. The number of rotatable bonds is 7. The summed E-state index contributed by atoms with van der Waals surface area (Å²) in [4.78, 5) is 8.65. The van der Waals surface area contributed by atoms with Gasteiger partial charge in [0, 0.05) is 53.5 Å². The van der Waals surface area contributed by atoms with E-state index in [2.05, 4.69) is 57.3 Å². The Balaban J connectivity index is 2.19. The monoisotopic (exact) mass is 541 g/mol. The maximum atomic E-state index is 14.8. The molecule has 0 radical (unpaired) electrons. The van der Waals surface area contributed by atoms with Crippen LogP contribution in [0.4, 0.5) is 14.6 Å². The maximum Gasteiger partial charge on any atom is 0.166 e. The molecule has 1 N–H and O–H groups in total. The van der Waals surface area contributed by atoms with Gasteiger partial charge in [-0.1, -0.05) is 27.7 Å². The van der Waals surface area contributed by atoms with E-state index >= 15 is 0 Å². The number of pyridine rings is 2. The summed E-state index contributed by atoms with van der Waals surface area (Å²) in [5, 5.41) is 13.3. The molecule has 3 aromatic heterocycles. The highest BCUT2D eigenvalue weighted by Crippen LogP contribution is 2.36. The Hall–Kier alpha value is -1.93. The molecule has 0 spiro atoms. The first-order valence-corrected chi connectivity index (χ1v) is 12.9. The minimum atomic E-state index is -0.586. The number of nitrogens with one attached hydrogen (secondary N) is 1. The molecule has 0 saturated carbocycles. The highest BCUT2D eigenvalue weighted by atomic mass is 127.